The number of rotatable bonds is 6. The predicted molar refractivity (Wildman–Crippen MR) is 122 cm³/mol. The third-order valence-electron chi connectivity index (χ3n) is 4.73. The van der Waals surface area contributed by atoms with E-state index in [-0.39, 0.29) is 9.80 Å². The van der Waals surface area contributed by atoms with E-state index in [2.05, 4.69) is 10.6 Å². The second-order valence-corrected chi connectivity index (χ2v) is 7.25. The summed E-state index contributed by atoms with van der Waals surface area (Å²) in [6, 6.07) is 10.6. The Balaban J connectivity index is 1.91. The Bertz CT molecular complexity index is 1090. The molecule has 160 valence electrons. The van der Waals surface area contributed by atoms with Crippen LogP contribution in [-0.2, 0) is 9.59 Å². The summed E-state index contributed by atoms with van der Waals surface area (Å²) in [7, 11) is 0. The maximum Gasteiger partial charge on any atom is 0.238 e. The fraction of sp³-hybridized carbons (Fsp3) is 0.417. The van der Waals surface area contributed by atoms with Gasteiger partial charge in [0.1, 0.15) is 0 Å². The minimum Gasteiger partial charge on any atom is -0.324 e. The van der Waals surface area contributed by atoms with E-state index < -0.39 is 50.9 Å². The minimum atomic E-state index is -3.21. The Morgan fingerprint density at radius 1 is 0.733 bits per heavy atom. The lowest BCUT2D eigenvalue weighted by Gasteiger charge is -2.34. The van der Waals surface area contributed by atoms with Gasteiger partial charge in [0.15, 0.2) is 0 Å². The molecule has 1 heterocycles. The van der Waals surface area contributed by atoms with E-state index in [9.17, 15) is 9.59 Å². The average molecular weight is 417 g/mol. The molecular formula is C24H32N4O2. The molecule has 30 heavy (non-hydrogen) atoms. The van der Waals surface area contributed by atoms with Gasteiger partial charge in [-0.05, 0) is 49.9 Å². The minimum absolute atomic E-state index is 0.239. The van der Waals surface area contributed by atoms with Crippen LogP contribution < -0.4 is 10.6 Å². The van der Waals surface area contributed by atoms with Crippen molar-refractivity contribution in [3.05, 3.63) is 58.7 Å². The van der Waals surface area contributed by atoms with Crippen molar-refractivity contribution in [2.45, 2.75) is 27.7 Å². The van der Waals surface area contributed by atoms with Crippen molar-refractivity contribution in [3.63, 3.8) is 0 Å². The summed E-state index contributed by atoms with van der Waals surface area (Å²) in [4.78, 5) is 26.3. The van der Waals surface area contributed by atoms with Gasteiger partial charge in [0.05, 0.1) is 13.1 Å². The molecule has 1 aliphatic heterocycles. The number of aryl methyl sites for hydroxylation is 4. The molecule has 3 rings (SSSR count). The lowest BCUT2D eigenvalue weighted by atomic mass is 10.1. The second-order valence-electron chi connectivity index (χ2n) is 7.25. The van der Waals surface area contributed by atoms with Crippen LogP contribution in [0.3, 0.4) is 0 Å². The Morgan fingerprint density at radius 2 is 1.03 bits per heavy atom. The number of piperazine rings is 1. The van der Waals surface area contributed by atoms with E-state index in [1.165, 1.54) is 0 Å². The van der Waals surface area contributed by atoms with Gasteiger partial charge in [0, 0.05) is 48.3 Å². The fourth-order valence-corrected chi connectivity index (χ4v) is 3.12. The van der Waals surface area contributed by atoms with E-state index >= 15 is 0 Å². The topological polar surface area (TPSA) is 64.7 Å². The molecule has 0 spiro atoms. The first-order chi connectivity index (χ1) is 17.4. The van der Waals surface area contributed by atoms with Crippen molar-refractivity contribution in [1.29, 1.82) is 0 Å². The molecule has 0 aliphatic carbocycles. The van der Waals surface area contributed by atoms with Crippen molar-refractivity contribution in [1.82, 2.24) is 9.80 Å². The Labute approximate surface area is 190 Å². The fourth-order valence-electron chi connectivity index (χ4n) is 3.12. The number of hydrogen-bond donors (Lipinski definition) is 2. The first-order valence-corrected chi connectivity index (χ1v) is 9.63. The maximum absolute atomic E-state index is 12.9. The van der Waals surface area contributed by atoms with Gasteiger partial charge >= 0.3 is 0 Å². The summed E-state index contributed by atoms with van der Waals surface area (Å²) in [6.45, 7) is -7.79. The molecule has 0 atom stereocenters. The molecule has 2 aromatic carbocycles. The molecule has 6 nitrogen and oxygen atoms in total. The number of hydrogen-bond acceptors (Lipinski definition) is 4. The summed E-state index contributed by atoms with van der Waals surface area (Å²) in [6.07, 6.45) is 0. The molecule has 0 radical (unpaired) electrons. The van der Waals surface area contributed by atoms with Crippen LogP contribution >= 0.6 is 0 Å². The molecule has 1 fully saturated rings. The number of carbonyl (C=O) groups is 2. The zero-order valence-corrected chi connectivity index (χ0v) is 17.6. The predicted octanol–water partition coefficient (Wildman–Crippen LogP) is 3.12. The van der Waals surface area contributed by atoms with Gasteiger partial charge in [-0.25, -0.2) is 0 Å². The van der Waals surface area contributed by atoms with Crippen molar-refractivity contribution < 1.29 is 20.6 Å². The third kappa shape index (κ3) is 5.68. The molecule has 0 saturated carbocycles. The highest BCUT2D eigenvalue weighted by atomic mass is 16.2. The first-order valence-electron chi connectivity index (χ1n) is 13.6. The summed E-state index contributed by atoms with van der Waals surface area (Å²) in [5.41, 5.74) is 3.77. The van der Waals surface area contributed by atoms with Crippen LogP contribution in [-0.4, -0.2) is 60.7 Å². The largest absolute Gasteiger partial charge is 0.324 e. The molecule has 0 aromatic heterocycles. The number of amides is 2. The SMILES string of the molecule is [2H]C1([2H])N(CC(=O)Nc2c(C)cccc2C)C([2H])([2H])C([2H])([2H])N(CC(=O)Nc2c(C)cccc2C)C1([2H])[2H]. The van der Waals surface area contributed by atoms with Gasteiger partial charge in [-0.3, -0.25) is 19.4 Å². The van der Waals surface area contributed by atoms with Gasteiger partial charge in [-0.15, -0.1) is 0 Å². The summed E-state index contributed by atoms with van der Waals surface area (Å²) in [5.74, 6) is -1.69. The number of nitrogens with one attached hydrogen (secondary N) is 2. The molecule has 6 heteroatoms. The standard InChI is InChI=1S/C24H32N4O2/c1-17-7-5-8-18(2)23(17)25-21(29)15-27-11-13-28(14-12-27)16-22(30)26-24-19(3)9-6-10-20(24)4/h5-10H,11-16H2,1-4H3,(H,25,29)(H,26,30)/i11D2,12D2,13D2,14D2. The number of para-hydroxylation sites is 2. The van der Waals surface area contributed by atoms with E-state index in [4.69, 9.17) is 11.0 Å². The molecule has 2 N–H and O–H groups in total. The average Bonchev–Trinajstić information content (AvgIpc) is 2.79. The van der Waals surface area contributed by atoms with E-state index in [1.54, 1.807) is 64.1 Å². The summed E-state index contributed by atoms with van der Waals surface area (Å²) >= 11 is 0. The highest BCUT2D eigenvalue weighted by molar-refractivity contribution is 5.94. The van der Waals surface area contributed by atoms with Crippen molar-refractivity contribution in [2.24, 2.45) is 0 Å². The van der Waals surface area contributed by atoms with Crippen LogP contribution in [0.4, 0.5) is 11.4 Å². The summed E-state index contributed by atoms with van der Waals surface area (Å²) in [5, 5.41) is 5.20. The number of carbonyl (C=O) groups excluding carboxylic acids is 2. The normalized spacial score (nSPS) is 25.7. The molecule has 1 aliphatic rings. The number of benzene rings is 2. The molecular weight excluding hydrogens is 376 g/mol. The van der Waals surface area contributed by atoms with Crippen LogP contribution in [0.2, 0.25) is 0 Å². The molecule has 2 aromatic rings. The molecule has 1 saturated heterocycles. The zero-order valence-electron chi connectivity index (χ0n) is 25.6. The van der Waals surface area contributed by atoms with Crippen LogP contribution in [0, 0.1) is 27.7 Å². The van der Waals surface area contributed by atoms with Crippen molar-refractivity contribution in [3.8, 4) is 0 Å². The smallest absolute Gasteiger partial charge is 0.238 e. The van der Waals surface area contributed by atoms with Gasteiger partial charge in [0.25, 0.3) is 0 Å². The molecule has 0 bridgehead atoms. The van der Waals surface area contributed by atoms with Gasteiger partial charge < -0.3 is 10.6 Å². The lowest BCUT2D eigenvalue weighted by Crippen LogP contribution is -2.50. The third-order valence-corrected chi connectivity index (χ3v) is 4.73. The monoisotopic (exact) mass is 416 g/mol. The second kappa shape index (κ2) is 9.87. The van der Waals surface area contributed by atoms with Gasteiger partial charge in [0.2, 0.25) is 11.8 Å². The van der Waals surface area contributed by atoms with E-state index in [0.29, 0.717) is 11.4 Å². The number of nitrogens with zero attached hydrogens (tertiary/aromatic N) is 2. The van der Waals surface area contributed by atoms with E-state index in [0.717, 1.165) is 22.3 Å². The lowest BCUT2D eigenvalue weighted by molar-refractivity contribution is -0.120. The summed E-state index contributed by atoms with van der Waals surface area (Å²) < 4.78 is 68.0. The van der Waals surface area contributed by atoms with Crippen LogP contribution in [0.25, 0.3) is 0 Å². The quantitative estimate of drug-likeness (QED) is 0.759. The first kappa shape index (κ1) is 13.6. The van der Waals surface area contributed by atoms with Crippen LogP contribution in [0.15, 0.2) is 36.4 Å². The Hall–Kier alpha value is -2.70. The molecule has 0 unspecified atom stereocenters. The van der Waals surface area contributed by atoms with Crippen molar-refractivity contribution in [2.75, 3.05) is 49.7 Å². The highest BCUT2D eigenvalue weighted by Gasteiger charge is 2.21. The zero-order chi connectivity index (χ0) is 28.8. The number of anilines is 2. The van der Waals surface area contributed by atoms with Crippen LogP contribution in [0.5, 0.6) is 0 Å². The highest BCUT2D eigenvalue weighted by Crippen LogP contribution is 2.20. The Kier molecular flexibility index (Phi) is 4.47. The van der Waals surface area contributed by atoms with Crippen molar-refractivity contribution >= 4 is 23.2 Å². The Morgan fingerprint density at radius 3 is 1.33 bits per heavy atom. The van der Waals surface area contributed by atoms with Gasteiger partial charge in [-0.1, -0.05) is 36.4 Å². The van der Waals surface area contributed by atoms with Crippen LogP contribution in [0.1, 0.15) is 33.2 Å². The van der Waals surface area contributed by atoms with E-state index in [1.807, 2.05) is 0 Å². The molecule has 2 amide bonds. The maximum atomic E-state index is 12.9. The van der Waals surface area contributed by atoms with Gasteiger partial charge in [-0.2, -0.15) is 0 Å².